The molecule has 5 heteroatoms. The Bertz CT molecular complexity index is 270. The van der Waals surface area contributed by atoms with Crippen molar-refractivity contribution in [1.29, 1.82) is 0 Å². The van der Waals surface area contributed by atoms with E-state index in [4.69, 9.17) is 11.6 Å². The molecule has 0 saturated carbocycles. The first-order valence-electron chi connectivity index (χ1n) is 4.49. The van der Waals surface area contributed by atoms with E-state index in [0.29, 0.717) is 11.1 Å². The number of nitrogens with zero attached hydrogens (tertiary/aromatic N) is 2. The highest BCUT2D eigenvalue weighted by molar-refractivity contribution is 7.99. The Kier molecular flexibility index (Phi) is 3.11. The van der Waals surface area contributed by atoms with Crippen molar-refractivity contribution in [3.8, 4) is 0 Å². The second kappa shape index (κ2) is 4.33. The predicted molar refractivity (Wildman–Crippen MR) is 55.0 cm³/mol. The van der Waals surface area contributed by atoms with Crippen LogP contribution in [0.15, 0.2) is 0 Å². The van der Waals surface area contributed by atoms with Gasteiger partial charge in [-0.2, -0.15) is 16.9 Å². The summed E-state index contributed by atoms with van der Waals surface area (Å²) >= 11 is 7.59. The third-order valence-electron chi connectivity index (χ3n) is 2.14. The molecule has 1 atom stereocenters. The van der Waals surface area contributed by atoms with Gasteiger partial charge in [-0.15, -0.1) is 11.6 Å². The zero-order chi connectivity index (χ0) is 9.10. The fourth-order valence-electron chi connectivity index (χ4n) is 1.46. The van der Waals surface area contributed by atoms with E-state index < -0.39 is 0 Å². The molecule has 0 radical (unpaired) electrons. The van der Waals surface area contributed by atoms with Gasteiger partial charge in [-0.1, -0.05) is 6.42 Å². The van der Waals surface area contributed by atoms with Gasteiger partial charge in [-0.3, -0.25) is 5.10 Å². The normalized spacial score (nSPS) is 23.3. The Hall–Kier alpha value is -0.220. The number of H-pyrrole nitrogens is 1. The molecular weight excluding hydrogens is 206 g/mol. The van der Waals surface area contributed by atoms with Gasteiger partial charge >= 0.3 is 0 Å². The first kappa shape index (κ1) is 9.34. The van der Waals surface area contributed by atoms with Crippen molar-refractivity contribution in [2.45, 2.75) is 30.4 Å². The zero-order valence-electron chi connectivity index (χ0n) is 7.29. The van der Waals surface area contributed by atoms with Crippen LogP contribution in [0.25, 0.3) is 0 Å². The van der Waals surface area contributed by atoms with Gasteiger partial charge in [0.2, 0.25) is 0 Å². The Morgan fingerprint density at radius 1 is 1.54 bits per heavy atom. The molecule has 1 saturated heterocycles. The average Bonchev–Trinajstić information content (AvgIpc) is 2.67. The maximum atomic E-state index is 5.64. The molecule has 1 aromatic rings. The summed E-state index contributed by atoms with van der Waals surface area (Å²) in [5, 5.41) is 7.50. The Morgan fingerprint density at radius 3 is 3.08 bits per heavy atom. The molecular formula is C8H12ClN3S. The third kappa shape index (κ3) is 2.17. The van der Waals surface area contributed by atoms with Crippen molar-refractivity contribution in [2.75, 3.05) is 5.75 Å². The van der Waals surface area contributed by atoms with Gasteiger partial charge in [0.25, 0.3) is 0 Å². The van der Waals surface area contributed by atoms with Crippen molar-refractivity contribution >= 4 is 23.4 Å². The van der Waals surface area contributed by atoms with Gasteiger partial charge < -0.3 is 0 Å². The summed E-state index contributed by atoms with van der Waals surface area (Å²) in [5.41, 5.74) is 0. The molecule has 1 aliphatic heterocycles. The molecule has 1 aromatic heterocycles. The standard InChI is InChI=1S/C8H12ClN3S/c9-5-7-10-8(12-11-7)6-3-1-2-4-13-6/h6H,1-5H2,(H,10,11,12). The molecule has 0 amide bonds. The monoisotopic (exact) mass is 217 g/mol. The van der Waals surface area contributed by atoms with Crippen LogP contribution in [0.1, 0.15) is 36.2 Å². The van der Waals surface area contributed by atoms with Gasteiger partial charge in [-0.05, 0) is 18.6 Å². The molecule has 0 aromatic carbocycles. The van der Waals surface area contributed by atoms with E-state index in [9.17, 15) is 0 Å². The van der Waals surface area contributed by atoms with Crippen molar-refractivity contribution in [1.82, 2.24) is 15.2 Å². The lowest BCUT2D eigenvalue weighted by atomic mass is 10.2. The summed E-state index contributed by atoms with van der Waals surface area (Å²) in [4.78, 5) is 4.33. The van der Waals surface area contributed by atoms with Crippen molar-refractivity contribution < 1.29 is 0 Å². The van der Waals surface area contributed by atoms with Crippen LogP contribution in [0.4, 0.5) is 0 Å². The quantitative estimate of drug-likeness (QED) is 0.774. The van der Waals surface area contributed by atoms with E-state index in [1.165, 1.54) is 25.0 Å². The number of hydrogen-bond donors (Lipinski definition) is 1. The van der Waals surface area contributed by atoms with Crippen molar-refractivity contribution in [2.24, 2.45) is 0 Å². The van der Waals surface area contributed by atoms with Gasteiger partial charge in [-0.25, -0.2) is 4.98 Å². The van der Waals surface area contributed by atoms with E-state index in [0.717, 1.165) is 11.6 Å². The van der Waals surface area contributed by atoms with Crippen molar-refractivity contribution in [3.63, 3.8) is 0 Å². The van der Waals surface area contributed by atoms with Crippen LogP contribution in [-0.2, 0) is 5.88 Å². The van der Waals surface area contributed by atoms with E-state index in [-0.39, 0.29) is 0 Å². The molecule has 13 heavy (non-hydrogen) atoms. The lowest BCUT2D eigenvalue weighted by Gasteiger charge is -2.17. The third-order valence-corrected chi connectivity index (χ3v) is 3.77. The van der Waals surface area contributed by atoms with Crippen molar-refractivity contribution in [3.05, 3.63) is 11.6 Å². The van der Waals surface area contributed by atoms with E-state index >= 15 is 0 Å². The zero-order valence-corrected chi connectivity index (χ0v) is 8.87. The molecule has 2 heterocycles. The lowest BCUT2D eigenvalue weighted by Crippen LogP contribution is -2.03. The largest absolute Gasteiger partial charge is 0.262 e. The maximum absolute atomic E-state index is 5.64. The number of halogens is 1. The van der Waals surface area contributed by atoms with Gasteiger partial charge in [0.05, 0.1) is 11.1 Å². The van der Waals surface area contributed by atoms with E-state index in [1.807, 2.05) is 11.8 Å². The predicted octanol–water partition coefficient (Wildman–Crippen LogP) is 2.50. The van der Waals surface area contributed by atoms with E-state index in [1.54, 1.807) is 0 Å². The van der Waals surface area contributed by atoms with Crippen LogP contribution < -0.4 is 0 Å². The number of aromatic amines is 1. The number of alkyl halides is 1. The van der Waals surface area contributed by atoms with Crippen LogP contribution in [0, 0.1) is 0 Å². The minimum Gasteiger partial charge on any atom is -0.262 e. The SMILES string of the molecule is ClCc1nc(C2CCCCS2)n[nH]1. The van der Waals surface area contributed by atoms with Crippen LogP contribution in [-0.4, -0.2) is 20.9 Å². The van der Waals surface area contributed by atoms with Gasteiger partial charge in [0, 0.05) is 0 Å². The summed E-state index contributed by atoms with van der Waals surface area (Å²) in [6, 6.07) is 0. The summed E-state index contributed by atoms with van der Waals surface area (Å²) in [6.45, 7) is 0. The number of aromatic nitrogens is 3. The molecule has 0 spiro atoms. The smallest absolute Gasteiger partial charge is 0.163 e. The lowest BCUT2D eigenvalue weighted by molar-refractivity contribution is 0.664. The number of thioether (sulfide) groups is 1. The summed E-state index contributed by atoms with van der Waals surface area (Å²) < 4.78 is 0. The molecule has 3 nitrogen and oxygen atoms in total. The first-order valence-corrected chi connectivity index (χ1v) is 6.07. The average molecular weight is 218 g/mol. The second-order valence-corrected chi connectivity index (χ2v) is 4.71. The Balaban J connectivity index is 2.05. The van der Waals surface area contributed by atoms with Crippen LogP contribution in [0.5, 0.6) is 0 Å². The van der Waals surface area contributed by atoms with Gasteiger partial charge in [0.1, 0.15) is 5.82 Å². The fourth-order valence-corrected chi connectivity index (χ4v) is 2.82. The van der Waals surface area contributed by atoms with Crippen LogP contribution >= 0.6 is 23.4 Å². The molecule has 0 bridgehead atoms. The highest BCUT2D eigenvalue weighted by atomic mass is 35.5. The van der Waals surface area contributed by atoms with Crippen LogP contribution in [0.3, 0.4) is 0 Å². The first-order chi connectivity index (χ1) is 6.40. The minimum absolute atomic E-state index is 0.421. The highest BCUT2D eigenvalue weighted by Crippen LogP contribution is 2.36. The molecule has 72 valence electrons. The Morgan fingerprint density at radius 2 is 2.46 bits per heavy atom. The van der Waals surface area contributed by atoms with Crippen LogP contribution in [0.2, 0.25) is 0 Å². The second-order valence-electron chi connectivity index (χ2n) is 3.13. The summed E-state index contributed by atoms with van der Waals surface area (Å²) in [5.74, 6) is 3.36. The maximum Gasteiger partial charge on any atom is 0.163 e. The number of nitrogens with one attached hydrogen (secondary N) is 1. The van der Waals surface area contributed by atoms with E-state index in [2.05, 4.69) is 15.2 Å². The summed E-state index contributed by atoms with van der Waals surface area (Å²) in [7, 11) is 0. The molecule has 1 unspecified atom stereocenters. The minimum atomic E-state index is 0.421. The molecule has 2 rings (SSSR count). The number of hydrogen-bond acceptors (Lipinski definition) is 3. The topological polar surface area (TPSA) is 41.6 Å². The molecule has 0 aliphatic carbocycles. The molecule has 1 N–H and O–H groups in total. The van der Waals surface area contributed by atoms with Gasteiger partial charge in [0.15, 0.2) is 5.82 Å². The molecule has 1 aliphatic rings. The fraction of sp³-hybridized carbons (Fsp3) is 0.750. The Labute approximate surface area is 86.7 Å². The molecule has 1 fully saturated rings. The summed E-state index contributed by atoms with van der Waals surface area (Å²) in [6.07, 6.45) is 3.82. The highest BCUT2D eigenvalue weighted by Gasteiger charge is 2.19. The number of rotatable bonds is 2.